The SMILES string of the molecule is CS(=O)(=O)c1cc(Cl)cc(NC(=O)c2cccc3ccoc23)c1. The molecule has 1 N–H and O–H groups in total. The Hall–Kier alpha value is -2.31. The van der Waals surface area contributed by atoms with Crippen molar-refractivity contribution in [3.8, 4) is 0 Å². The number of sulfone groups is 1. The molecule has 2 aromatic carbocycles. The summed E-state index contributed by atoms with van der Waals surface area (Å²) in [4.78, 5) is 12.5. The number of amides is 1. The molecule has 0 bridgehead atoms. The van der Waals surface area contributed by atoms with E-state index in [4.69, 9.17) is 16.0 Å². The minimum Gasteiger partial charge on any atom is -0.464 e. The van der Waals surface area contributed by atoms with Gasteiger partial charge in [0.25, 0.3) is 5.91 Å². The van der Waals surface area contributed by atoms with Crippen molar-refractivity contribution in [3.63, 3.8) is 0 Å². The van der Waals surface area contributed by atoms with Crippen LogP contribution in [0.4, 0.5) is 5.69 Å². The molecule has 0 aliphatic rings. The summed E-state index contributed by atoms with van der Waals surface area (Å²) in [7, 11) is -3.43. The Morgan fingerprint density at radius 1 is 1.17 bits per heavy atom. The van der Waals surface area contributed by atoms with E-state index >= 15 is 0 Å². The van der Waals surface area contributed by atoms with Crippen LogP contribution in [0.25, 0.3) is 11.0 Å². The Labute approximate surface area is 137 Å². The van der Waals surface area contributed by atoms with Crippen molar-refractivity contribution in [2.45, 2.75) is 4.90 Å². The van der Waals surface area contributed by atoms with Crippen LogP contribution in [0.3, 0.4) is 0 Å². The van der Waals surface area contributed by atoms with Crippen LogP contribution in [0.15, 0.2) is 58.0 Å². The number of carbonyl (C=O) groups is 1. The number of hydrogen-bond acceptors (Lipinski definition) is 4. The Balaban J connectivity index is 1.97. The molecule has 0 aliphatic heterocycles. The molecule has 1 aromatic heterocycles. The summed E-state index contributed by atoms with van der Waals surface area (Å²) in [5.41, 5.74) is 1.12. The lowest BCUT2D eigenvalue weighted by molar-refractivity contribution is 0.102. The van der Waals surface area contributed by atoms with Gasteiger partial charge in [-0.05, 0) is 30.3 Å². The molecular weight excluding hydrogens is 338 g/mol. The highest BCUT2D eigenvalue weighted by Crippen LogP contribution is 2.25. The lowest BCUT2D eigenvalue weighted by atomic mass is 10.1. The molecule has 3 rings (SSSR count). The van der Waals surface area contributed by atoms with Crippen molar-refractivity contribution >= 4 is 44.0 Å². The van der Waals surface area contributed by atoms with E-state index in [0.29, 0.717) is 16.8 Å². The van der Waals surface area contributed by atoms with Crippen LogP contribution in [-0.2, 0) is 9.84 Å². The second-order valence-electron chi connectivity index (χ2n) is 5.05. The predicted molar refractivity (Wildman–Crippen MR) is 88.7 cm³/mol. The molecule has 0 atom stereocenters. The number of para-hydroxylation sites is 1. The van der Waals surface area contributed by atoms with E-state index in [1.54, 1.807) is 18.2 Å². The number of fused-ring (bicyclic) bond motifs is 1. The first kappa shape index (κ1) is 15.6. The number of anilines is 1. The zero-order valence-corrected chi connectivity index (χ0v) is 13.6. The summed E-state index contributed by atoms with van der Waals surface area (Å²) in [6.07, 6.45) is 2.58. The third-order valence-corrected chi connectivity index (χ3v) is 4.59. The number of hydrogen-bond donors (Lipinski definition) is 1. The molecule has 0 unspecified atom stereocenters. The number of benzene rings is 2. The monoisotopic (exact) mass is 349 g/mol. The zero-order chi connectivity index (χ0) is 16.6. The van der Waals surface area contributed by atoms with Gasteiger partial charge in [0, 0.05) is 22.4 Å². The summed E-state index contributed by atoms with van der Waals surface area (Å²) in [6, 6.07) is 11.1. The fraction of sp³-hybridized carbons (Fsp3) is 0.0625. The summed E-state index contributed by atoms with van der Waals surface area (Å²) in [5, 5.41) is 3.67. The Kier molecular flexibility index (Phi) is 3.87. The number of halogens is 1. The van der Waals surface area contributed by atoms with Gasteiger partial charge in [0.05, 0.1) is 16.7 Å². The minimum absolute atomic E-state index is 0.0384. The first-order valence-electron chi connectivity index (χ1n) is 6.63. The van der Waals surface area contributed by atoms with E-state index < -0.39 is 15.7 Å². The zero-order valence-electron chi connectivity index (χ0n) is 12.0. The average Bonchev–Trinajstić information content (AvgIpc) is 2.93. The highest BCUT2D eigenvalue weighted by atomic mass is 35.5. The Bertz CT molecular complexity index is 1010. The van der Waals surface area contributed by atoms with Crippen LogP contribution >= 0.6 is 11.6 Å². The van der Waals surface area contributed by atoms with Crippen molar-refractivity contribution in [1.29, 1.82) is 0 Å². The number of nitrogens with one attached hydrogen (secondary N) is 1. The van der Waals surface area contributed by atoms with Gasteiger partial charge in [-0.15, -0.1) is 0 Å². The maximum absolute atomic E-state index is 12.4. The van der Waals surface area contributed by atoms with Crippen LogP contribution < -0.4 is 5.32 Å². The number of rotatable bonds is 3. The molecule has 0 saturated carbocycles. The second-order valence-corrected chi connectivity index (χ2v) is 7.50. The molecule has 23 heavy (non-hydrogen) atoms. The van der Waals surface area contributed by atoms with Gasteiger partial charge in [-0.1, -0.05) is 23.7 Å². The second kappa shape index (κ2) is 5.72. The van der Waals surface area contributed by atoms with Gasteiger partial charge in [0.15, 0.2) is 9.84 Å². The van der Waals surface area contributed by atoms with Crippen LogP contribution in [0.5, 0.6) is 0 Å². The van der Waals surface area contributed by atoms with Crippen LogP contribution in [0.2, 0.25) is 5.02 Å². The minimum atomic E-state index is -3.43. The van der Waals surface area contributed by atoms with E-state index in [1.165, 1.54) is 24.5 Å². The van der Waals surface area contributed by atoms with E-state index in [2.05, 4.69) is 5.32 Å². The van der Waals surface area contributed by atoms with Crippen molar-refractivity contribution < 1.29 is 17.6 Å². The maximum Gasteiger partial charge on any atom is 0.259 e. The van der Waals surface area contributed by atoms with E-state index in [0.717, 1.165) is 11.6 Å². The highest BCUT2D eigenvalue weighted by molar-refractivity contribution is 7.90. The molecule has 7 heteroatoms. The van der Waals surface area contributed by atoms with Crippen molar-refractivity contribution in [2.75, 3.05) is 11.6 Å². The molecule has 0 spiro atoms. The average molecular weight is 350 g/mol. The van der Waals surface area contributed by atoms with Gasteiger partial charge in [0.2, 0.25) is 0 Å². The van der Waals surface area contributed by atoms with Crippen LogP contribution in [-0.4, -0.2) is 20.6 Å². The summed E-state index contributed by atoms with van der Waals surface area (Å²) < 4.78 is 28.6. The Morgan fingerprint density at radius 3 is 2.70 bits per heavy atom. The molecule has 1 amide bonds. The van der Waals surface area contributed by atoms with Crippen molar-refractivity contribution in [3.05, 3.63) is 59.3 Å². The topological polar surface area (TPSA) is 76.4 Å². The lowest BCUT2D eigenvalue weighted by Crippen LogP contribution is -2.12. The lowest BCUT2D eigenvalue weighted by Gasteiger charge is -2.08. The van der Waals surface area contributed by atoms with Gasteiger partial charge in [0.1, 0.15) is 5.58 Å². The fourth-order valence-corrected chi connectivity index (χ4v) is 3.20. The van der Waals surface area contributed by atoms with E-state index in [-0.39, 0.29) is 9.92 Å². The Morgan fingerprint density at radius 2 is 1.96 bits per heavy atom. The predicted octanol–water partition coefficient (Wildman–Crippen LogP) is 3.74. The van der Waals surface area contributed by atoms with Crippen LogP contribution in [0.1, 0.15) is 10.4 Å². The van der Waals surface area contributed by atoms with Gasteiger partial charge in [-0.25, -0.2) is 8.42 Å². The standard InChI is InChI=1S/C16H12ClNO4S/c1-23(20,21)13-8-11(17)7-12(9-13)18-16(19)14-4-2-3-10-5-6-22-15(10)14/h2-9H,1H3,(H,18,19). The van der Waals surface area contributed by atoms with Crippen LogP contribution in [0, 0.1) is 0 Å². The normalized spacial score (nSPS) is 11.6. The van der Waals surface area contributed by atoms with Gasteiger partial charge in [-0.3, -0.25) is 4.79 Å². The van der Waals surface area contributed by atoms with E-state index in [1.807, 2.05) is 6.07 Å². The molecule has 5 nitrogen and oxygen atoms in total. The largest absolute Gasteiger partial charge is 0.464 e. The number of carbonyl (C=O) groups excluding carboxylic acids is 1. The van der Waals surface area contributed by atoms with E-state index in [9.17, 15) is 13.2 Å². The third kappa shape index (κ3) is 3.23. The molecule has 0 aliphatic carbocycles. The molecule has 0 saturated heterocycles. The quantitative estimate of drug-likeness (QED) is 0.781. The summed E-state index contributed by atoms with van der Waals surface area (Å²) >= 11 is 5.93. The first-order chi connectivity index (χ1) is 10.8. The summed E-state index contributed by atoms with van der Waals surface area (Å²) in [5.74, 6) is -0.410. The molecule has 118 valence electrons. The molecule has 3 aromatic rings. The van der Waals surface area contributed by atoms with Crippen molar-refractivity contribution in [1.82, 2.24) is 0 Å². The molecule has 0 fully saturated rings. The molecular formula is C16H12ClNO4S. The molecule has 0 radical (unpaired) electrons. The number of furan rings is 1. The van der Waals surface area contributed by atoms with Gasteiger partial charge >= 0.3 is 0 Å². The fourth-order valence-electron chi connectivity index (χ4n) is 2.22. The first-order valence-corrected chi connectivity index (χ1v) is 8.90. The highest BCUT2D eigenvalue weighted by Gasteiger charge is 2.15. The smallest absolute Gasteiger partial charge is 0.259 e. The van der Waals surface area contributed by atoms with Gasteiger partial charge in [-0.2, -0.15) is 0 Å². The van der Waals surface area contributed by atoms with Crippen molar-refractivity contribution in [2.24, 2.45) is 0 Å². The van der Waals surface area contributed by atoms with Gasteiger partial charge < -0.3 is 9.73 Å². The summed E-state index contributed by atoms with van der Waals surface area (Å²) in [6.45, 7) is 0. The molecule has 1 heterocycles. The third-order valence-electron chi connectivity index (χ3n) is 3.28. The maximum atomic E-state index is 12.4.